The highest BCUT2D eigenvalue weighted by molar-refractivity contribution is 7.19. The SMILES string of the molecule is Nc1ccc2cc(CN3CCN(Cc4cc5ccc(Cl)cc5s4)CC3=O)ccc2n1. The Bertz CT molecular complexity index is 1250. The average Bonchev–Trinajstić information content (AvgIpc) is 3.11. The molecule has 30 heavy (non-hydrogen) atoms. The molecule has 0 saturated carbocycles. The highest BCUT2D eigenvalue weighted by atomic mass is 35.5. The van der Waals surface area contributed by atoms with Crippen LogP contribution < -0.4 is 5.73 Å². The quantitative estimate of drug-likeness (QED) is 0.510. The molecule has 2 aromatic carbocycles. The molecule has 0 atom stereocenters. The number of aromatic nitrogens is 1. The van der Waals surface area contributed by atoms with E-state index in [9.17, 15) is 4.79 Å². The monoisotopic (exact) mass is 436 g/mol. The fraction of sp³-hybridized carbons (Fsp3) is 0.217. The molecule has 5 nitrogen and oxygen atoms in total. The van der Waals surface area contributed by atoms with E-state index in [2.05, 4.69) is 22.0 Å². The van der Waals surface area contributed by atoms with E-state index in [0.717, 1.165) is 41.1 Å². The van der Waals surface area contributed by atoms with E-state index in [1.807, 2.05) is 41.3 Å². The van der Waals surface area contributed by atoms with Gasteiger partial charge in [-0.25, -0.2) is 4.98 Å². The number of nitrogens with zero attached hydrogens (tertiary/aromatic N) is 3. The Morgan fingerprint density at radius 2 is 1.87 bits per heavy atom. The Labute approximate surface area is 183 Å². The molecule has 2 N–H and O–H groups in total. The van der Waals surface area contributed by atoms with Gasteiger partial charge in [0.1, 0.15) is 5.82 Å². The number of rotatable bonds is 4. The molecule has 2 aromatic heterocycles. The zero-order valence-electron chi connectivity index (χ0n) is 16.3. The van der Waals surface area contributed by atoms with E-state index < -0.39 is 0 Å². The van der Waals surface area contributed by atoms with Crippen molar-refractivity contribution in [2.75, 3.05) is 25.4 Å². The van der Waals surface area contributed by atoms with Crippen LogP contribution in [0.2, 0.25) is 5.02 Å². The lowest BCUT2D eigenvalue weighted by atomic mass is 10.1. The Balaban J connectivity index is 1.24. The maximum Gasteiger partial charge on any atom is 0.237 e. The average molecular weight is 437 g/mol. The highest BCUT2D eigenvalue weighted by Crippen LogP contribution is 2.29. The first-order valence-electron chi connectivity index (χ1n) is 9.87. The number of hydrogen-bond donors (Lipinski definition) is 1. The third kappa shape index (κ3) is 3.99. The van der Waals surface area contributed by atoms with E-state index >= 15 is 0 Å². The molecule has 1 aliphatic heterocycles. The number of thiophene rings is 1. The molecule has 0 radical (unpaired) electrons. The smallest absolute Gasteiger partial charge is 0.237 e. The van der Waals surface area contributed by atoms with Crippen molar-refractivity contribution in [2.24, 2.45) is 0 Å². The van der Waals surface area contributed by atoms with Gasteiger partial charge in [0.15, 0.2) is 0 Å². The number of hydrogen-bond acceptors (Lipinski definition) is 5. The molecule has 152 valence electrons. The van der Waals surface area contributed by atoms with Crippen molar-refractivity contribution in [3.8, 4) is 0 Å². The molecule has 7 heteroatoms. The number of pyridine rings is 1. The summed E-state index contributed by atoms with van der Waals surface area (Å²) in [6, 6.07) is 18.0. The van der Waals surface area contributed by atoms with Crippen LogP contribution in [-0.2, 0) is 17.9 Å². The van der Waals surface area contributed by atoms with Crippen LogP contribution in [0.25, 0.3) is 21.0 Å². The topological polar surface area (TPSA) is 62.5 Å². The van der Waals surface area contributed by atoms with Crippen molar-refractivity contribution in [1.82, 2.24) is 14.8 Å². The molecule has 0 unspecified atom stereocenters. The number of benzene rings is 2. The first-order chi connectivity index (χ1) is 14.5. The summed E-state index contributed by atoms with van der Waals surface area (Å²) in [5, 5.41) is 3.00. The summed E-state index contributed by atoms with van der Waals surface area (Å²) in [7, 11) is 0. The number of nitrogens with two attached hydrogens (primary N) is 1. The molecular formula is C23H21ClN4OS. The van der Waals surface area contributed by atoms with Crippen molar-refractivity contribution in [3.05, 3.63) is 70.1 Å². The summed E-state index contributed by atoms with van der Waals surface area (Å²) in [6.45, 7) is 3.45. The van der Waals surface area contributed by atoms with Crippen molar-refractivity contribution >= 4 is 55.7 Å². The summed E-state index contributed by atoms with van der Waals surface area (Å²) in [5.41, 5.74) is 7.74. The molecule has 0 spiro atoms. The van der Waals surface area contributed by atoms with Crippen LogP contribution in [-0.4, -0.2) is 40.3 Å². The van der Waals surface area contributed by atoms with Crippen molar-refractivity contribution in [2.45, 2.75) is 13.1 Å². The predicted molar refractivity (Wildman–Crippen MR) is 124 cm³/mol. The number of piperazine rings is 1. The Hall–Kier alpha value is -2.67. The van der Waals surface area contributed by atoms with Gasteiger partial charge in [0.25, 0.3) is 0 Å². The summed E-state index contributed by atoms with van der Waals surface area (Å²) in [4.78, 5) is 22.5. The Morgan fingerprint density at radius 1 is 1.00 bits per heavy atom. The molecular weight excluding hydrogens is 416 g/mol. The lowest BCUT2D eigenvalue weighted by Crippen LogP contribution is -2.49. The highest BCUT2D eigenvalue weighted by Gasteiger charge is 2.24. The minimum Gasteiger partial charge on any atom is -0.384 e. The minimum atomic E-state index is 0.168. The van der Waals surface area contributed by atoms with Crippen molar-refractivity contribution < 1.29 is 4.79 Å². The first kappa shape index (κ1) is 19.3. The van der Waals surface area contributed by atoms with Crippen molar-refractivity contribution in [3.63, 3.8) is 0 Å². The first-order valence-corrected chi connectivity index (χ1v) is 11.1. The predicted octanol–water partition coefficient (Wildman–Crippen LogP) is 4.53. The number of fused-ring (bicyclic) bond motifs is 2. The van der Waals surface area contributed by atoms with Crippen LogP contribution in [0.3, 0.4) is 0 Å². The molecule has 3 heterocycles. The van der Waals surface area contributed by atoms with Gasteiger partial charge in [-0.2, -0.15) is 0 Å². The summed E-state index contributed by atoms with van der Waals surface area (Å²) >= 11 is 7.84. The van der Waals surface area contributed by atoms with Gasteiger partial charge in [-0.1, -0.05) is 23.7 Å². The maximum atomic E-state index is 12.8. The van der Waals surface area contributed by atoms with Gasteiger partial charge in [-0.05, 0) is 53.4 Å². The molecule has 0 bridgehead atoms. The molecule has 4 aromatic rings. The number of halogens is 1. The number of anilines is 1. The van der Waals surface area contributed by atoms with Crippen LogP contribution in [0.15, 0.2) is 54.6 Å². The lowest BCUT2D eigenvalue weighted by Gasteiger charge is -2.34. The van der Waals surface area contributed by atoms with Gasteiger partial charge in [0, 0.05) is 46.2 Å². The van der Waals surface area contributed by atoms with Crippen molar-refractivity contribution in [1.29, 1.82) is 0 Å². The molecule has 1 fully saturated rings. The number of carbonyl (C=O) groups is 1. The lowest BCUT2D eigenvalue weighted by molar-refractivity contribution is -0.136. The van der Waals surface area contributed by atoms with E-state index in [1.54, 1.807) is 17.4 Å². The summed E-state index contributed by atoms with van der Waals surface area (Å²) in [5.74, 6) is 0.684. The fourth-order valence-corrected chi connectivity index (χ4v) is 5.31. The second-order valence-corrected chi connectivity index (χ2v) is 9.29. The van der Waals surface area contributed by atoms with E-state index in [4.69, 9.17) is 17.3 Å². The van der Waals surface area contributed by atoms with Gasteiger partial charge in [0.05, 0.1) is 12.1 Å². The number of amides is 1. The van der Waals surface area contributed by atoms with E-state index in [-0.39, 0.29) is 5.91 Å². The van der Waals surface area contributed by atoms with Gasteiger partial charge < -0.3 is 10.6 Å². The zero-order valence-corrected chi connectivity index (χ0v) is 17.9. The fourth-order valence-electron chi connectivity index (χ4n) is 3.93. The second-order valence-electron chi connectivity index (χ2n) is 7.68. The summed E-state index contributed by atoms with van der Waals surface area (Å²) in [6.07, 6.45) is 0. The Morgan fingerprint density at radius 3 is 2.73 bits per heavy atom. The second kappa shape index (κ2) is 7.87. The van der Waals surface area contributed by atoms with E-state index in [0.29, 0.717) is 18.9 Å². The third-order valence-electron chi connectivity index (χ3n) is 5.46. The maximum absolute atomic E-state index is 12.8. The van der Waals surface area contributed by atoms with Gasteiger partial charge in [-0.3, -0.25) is 9.69 Å². The zero-order chi connectivity index (χ0) is 20.7. The van der Waals surface area contributed by atoms with Crippen LogP contribution in [0.1, 0.15) is 10.4 Å². The number of nitrogen functional groups attached to an aromatic ring is 1. The Kier molecular flexibility index (Phi) is 5.06. The van der Waals surface area contributed by atoms with Gasteiger partial charge in [-0.15, -0.1) is 11.3 Å². The summed E-state index contributed by atoms with van der Waals surface area (Å²) < 4.78 is 1.19. The normalized spacial score (nSPS) is 15.4. The van der Waals surface area contributed by atoms with Gasteiger partial charge in [0.2, 0.25) is 5.91 Å². The van der Waals surface area contributed by atoms with Crippen LogP contribution in [0.5, 0.6) is 0 Å². The molecule has 0 aliphatic carbocycles. The van der Waals surface area contributed by atoms with E-state index in [1.165, 1.54) is 15.0 Å². The number of carbonyl (C=O) groups excluding carboxylic acids is 1. The molecule has 1 saturated heterocycles. The van der Waals surface area contributed by atoms with Crippen LogP contribution >= 0.6 is 22.9 Å². The molecule has 5 rings (SSSR count). The largest absolute Gasteiger partial charge is 0.384 e. The van der Waals surface area contributed by atoms with Gasteiger partial charge >= 0.3 is 0 Å². The van der Waals surface area contributed by atoms with Crippen LogP contribution in [0, 0.1) is 0 Å². The molecule has 1 amide bonds. The van der Waals surface area contributed by atoms with Crippen LogP contribution in [0.4, 0.5) is 5.82 Å². The third-order valence-corrected chi connectivity index (χ3v) is 6.78. The molecule has 1 aliphatic rings. The standard InChI is InChI=1S/C23H21ClN4OS/c24-18-4-2-17-10-19(30-21(17)11-18)13-27-7-8-28(23(29)14-27)12-15-1-5-20-16(9-15)3-6-22(25)26-20/h1-6,9-11H,7-8,12-14H2,(H2,25,26). The minimum absolute atomic E-state index is 0.168.